The maximum atomic E-state index is 12.0. The SMILES string of the molecule is C=CCCC(CO)NS(=O)(=O)c1ccc(C)cc1. The van der Waals surface area contributed by atoms with Crippen molar-refractivity contribution in [2.45, 2.75) is 30.7 Å². The Morgan fingerprint density at radius 2 is 2.00 bits per heavy atom. The molecule has 0 heterocycles. The molecule has 1 aromatic rings. The lowest BCUT2D eigenvalue weighted by Gasteiger charge is -2.15. The summed E-state index contributed by atoms with van der Waals surface area (Å²) in [4.78, 5) is 0.213. The minimum absolute atomic E-state index is 0.213. The summed E-state index contributed by atoms with van der Waals surface area (Å²) in [5.74, 6) is 0. The third kappa shape index (κ3) is 4.25. The molecule has 18 heavy (non-hydrogen) atoms. The molecule has 0 aliphatic heterocycles. The van der Waals surface area contributed by atoms with E-state index in [1.165, 1.54) is 0 Å². The maximum absolute atomic E-state index is 12.0. The Morgan fingerprint density at radius 3 is 2.50 bits per heavy atom. The first-order valence-corrected chi connectivity index (χ1v) is 7.28. The van der Waals surface area contributed by atoms with Crippen LogP contribution in [0, 0.1) is 6.92 Å². The molecule has 0 spiro atoms. The Bertz CT molecular complexity index is 479. The first kappa shape index (κ1) is 14.9. The van der Waals surface area contributed by atoms with Gasteiger partial charge in [-0.3, -0.25) is 0 Å². The molecular formula is C13H19NO3S. The highest BCUT2D eigenvalue weighted by molar-refractivity contribution is 7.89. The number of aliphatic hydroxyl groups is 1. The molecule has 1 unspecified atom stereocenters. The molecule has 0 radical (unpaired) electrons. The maximum Gasteiger partial charge on any atom is 0.240 e. The Morgan fingerprint density at radius 1 is 1.39 bits per heavy atom. The Kier molecular flexibility index (Phi) is 5.53. The van der Waals surface area contributed by atoms with Crippen molar-refractivity contribution in [2.24, 2.45) is 0 Å². The van der Waals surface area contributed by atoms with Crippen molar-refractivity contribution >= 4 is 10.0 Å². The molecule has 0 amide bonds. The standard InChI is InChI=1S/C13H19NO3S/c1-3-4-5-12(10-15)14-18(16,17)13-8-6-11(2)7-9-13/h3,6-9,12,14-15H,1,4-5,10H2,2H3. The van der Waals surface area contributed by atoms with Gasteiger partial charge in [0.2, 0.25) is 10.0 Å². The zero-order chi connectivity index (χ0) is 13.6. The van der Waals surface area contributed by atoms with Crippen LogP contribution >= 0.6 is 0 Å². The monoisotopic (exact) mass is 269 g/mol. The molecule has 4 nitrogen and oxygen atoms in total. The largest absolute Gasteiger partial charge is 0.395 e. The van der Waals surface area contributed by atoms with Crippen molar-refractivity contribution in [3.63, 3.8) is 0 Å². The van der Waals surface area contributed by atoms with E-state index in [1.54, 1.807) is 30.3 Å². The van der Waals surface area contributed by atoms with Crippen LogP contribution in [0.4, 0.5) is 0 Å². The lowest BCUT2D eigenvalue weighted by atomic mass is 10.2. The Labute approximate surface area is 108 Å². The molecule has 0 saturated heterocycles. The van der Waals surface area contributed by atoms with Gasteiger partial charge in [0.15, 0.2) is 0 Å². The van der Waals surface area contributed by atoms with Crippen molar-refractivity contribution in [3.05, 3.63) is 42.5 Å². The van der Waals surface area contributed by atoms with Crippen LogP contribution in [0.2, 0.25) is 0 Å². The van der Waals surface area contributed by atoms with Crippen LogP contribution in [0.3, 0.4) is 0 Å². The van der Waals surface area contributed by atoms with Crippen molar-refractivity contribution in [2.75, 3.05) is 6.61 Å². The van der Waals surface area contributed by atoms with Gasteiger partial charge in [-0.05, 0) is 31.9 Å². The van der Waals surface area contributed by atoms with E-state index in [2.05, 4.69) is 11.3 Å². The van der Waals surface area contributed by atoms with Crippen LogP contribution in [0.25, 0.3) is 0 Å². The molecule has 5 heteroatoms. The van der Waals surface area contributed by atoms with Gasteiger partial charge in [0.25, 0.3) is 0 Å². The van der Waals surface area contributed by atoms with E-state index >= 15 is 0 Å². The van der Waals surface area contributed by atoms with Gasteiger partial charge in [-0.25, -0.2) is 13.1 Å². The van der Waals surface area contributed by atoms with Gasteiger partial charge in [-0.1, -0.05) is 23.8 Å². The number of hydrogen-bond donors (Lipinski definition) is 2. The zero-order valence-electron chi connectivity index (χ0n) is 10.5. The van der Waals surface area contributed by atoms with Crippen LogP contribution in [0.5, 0.6) is 0 Å². The van der Waals surface area contributed by atoms with E-state index < -0.39 is 16.1 Å². The third-order valence-corrected chi connectivity index (χ3v) is 4.13. The molecule has 0 aromatic heterocycles. The summed E-state index contributed by atoms with van der Waals surface area (Å²) in [7, 11) is -3.56. The lowest BCUT2D eigenvalue weighted by molar-refractivity contribution is 0.251. The first-order valence-electron chi connectivity index (χ1n) is 5.80. The van der Waals surface area contributed by atoms with Crippen molar-refractivity contribution < 1.29 is 13.5 Å². The molecule has 0 aliphatic carbocycles. The second-order valence-electron chi connectivity index (χ2n) is 4.18. The number of hydrogen-bond acceptors (Lipinski definition) is 3. The molecule has 2 N–H and O–H groups in total. The van der Waals surface area contributed by atoms with Crippen molar-refractivity contribution in [1.29, 1.82) is 0 Å². The highest BCUT2D eigenvalue weighted by Crippen LogP contribution is 2.11. The normalized spacial score (nSPS) is 13.2. The van der Waals surface area contributed by atoms with Crippen molar-refractivity contribution in [1.82, 2.24) is 4.72 Å². The summed E-state index contributed by atoms with van der Waals surface area (Å²) in [6.07, 6.45) is 2.88. The van der Waals surface area contributed by atoms with Crippen molar-refractivity contribution in [3.8, 4) is 0 Å². The molecule has 1 aromatic carbocycles. The summed E-state index contributed by atoms with van der Waals surface area (Å²) < 4.78 is 26.5. The number of allylic oxidation sites excluding steroid dienone is 1. The third-order valence-electron chi connectivity index (χ3n) is 2.59. The van der Waals surface area contributed by atoms with E-state index in [9.17, 15) is 8.42 Å². The van der Waals surface area contributed by atoms with E-state index in [-0.39, 0.29) is 11.5 Å². The zero-order valence-corrected chi connectivity index (χ0v) is 11.3. The molecule has 1 atom stereocenters. The second-order valence-corrected chi connectivity index (χ2v) is 5.89. The number of sulfonamides is 1. The van der Waals surface area contributed by atoms with Crippen LogP contribution in [0.15, 0.2) is 41.8 Å². The Hall–Kier alpha value is -1.17. The second kappa shape index (κ2) is 6.68. The fourth-order valence-corrected chi connectivity index (χ4v) is 2.77. The summed E-state index contributed by atoms with van der Waals surface area (Å²) >= 11 is 0. The summed E-state index contributed by atoms with van der Waals surface area (Å²) in [6, 6.07) is 6.12. The molecular weight excluding hydrogens is 250 g/mol. The van der Waals surface area contributed by atoms with Gasteiger partial charge in [0.1, 0.15) is 0 Å². The number of nitrogens with one attached hydrogen (secondary N) is 1. The topological polar surface area (TPSA) is 66.4 Å². The predicted molar refractivity (Wildman–Crippen MR) is 71.8 cm³/mol. The van der Waals surface area contributed by atoms with Crippen LogP contribution in [-0.2, 0) is 10.0 Å². The quantitative estimate of drug-likeness (QED) is 0.739. The van der Waals surface area contributed by atoms with E-state index in [0.29, 0.717) is 12.8 Å². The molecule has 1 rings (SSSR count). The average molecular weight is 269 g/mol. The van der Waals surface area contributed by atoms with Gasteiger partial charge in [0.05, 0.1) is 11.5 Å². The fraction of sp³-hybridized carbons (Fsp3) is 0.385. The molecule has 0 saturated carbocycles. The molecule has 100 valence electrons. The number of rotatable bonds is 7. The van der Waals surface area contributed by atoms with Gasteiger partial charge in [-0.2, -0.15) is 0 Å². The molecule has 0 aliphatic rings. The smallest absolute Gasteiger partial charge is 0.240 e. The lowest BCUT2D eigenvalue weighted by Crippen LogP contribution is -2.37. The molecule has 0 bridgehead atoms. The predicted octanol–water partition coefficient (Wildman–Crippen LogP) is 1.60. The Balaban J connectivity index is 2.80. The first-order chi connectivity index (χ1) is 8.49. The summed E-state index contributed by atoms with van der Waals surface area (Å²) in [6.45, 7) is 5.24. The highest BCUT2D eigenvalue weighted by Gasteiger charge is 2.18. The minimum Gasteiger partial charge on any atom is -0.395 e. The van der Waals surface area contributed by atoms with Crippen LogP contribution < -0.4 is 4.72 Å². The number of aliphatic hydroxyl groups excluding tert-OH is 1. The van der Waals surface area contributed by atoms with E-state index in [4.69, 9.17) is 5.11 Å². The summed E-state index contributed by atoms with van der Waals surface area (Å²) in [5.41, 5.74) is 0.999. The fourth-order valence-electron chi connectivity index (χ4n) is 1.51. The van der Waals surface area contributed by atoms with E-state index in [0.717, 1.165) is 5.56 Å². The van der Waals surface area contributed by atoms with E-state index in [1.807, 2.05) is 6.92 Å². The number of benzene rings is 1. The molecule has 0 fully saturated rings. The minimum atomic E-state index is -3.56. The van der Waals surface area contributed by atoms with Crippen LogP contribution in [-0.4, -0.2) is 26.2 Å². The van der Waals surface area contributed by atoms with Gasteiger partial charge in [-0.15, -0.1) is 6.58 Å². The summed E-state index contributed by atoms with van der Waals surface area (Å²) in [5, 5.41) is 9.15. The average Bonchev–Trinajstić information content (AvgIpc) is 2.35. The number of aryl methyl sites for hydroxylation is 1. The van der Waals surface area contributed by atoms with Gasteiger partial charge < -0.3 is 5.11 Å². The van der Waals surface area contributed by atoms with Gasteiger partial charge in [0, 0.05) is 6.04 Å². The highest BCUT2D eigenvalue weighted by atomic mass is 32.2. The van der Waals surface area contributed by atoms with Crippen LogP contribution in [0.1, 0.15) is 18.4 Å². The van der Waals surface area contributed by atoms with Gasteiger partial charge >= 0.3 is 0 Å².